The highest BCUT2D eigenvalue weighted by atomic mass is 35.5. The van der Waals surface area contributed by atoms with Gasteiger partial charge in [-0.25, -0.2) is 0 Å². The van der Waals surface area contributed by atoms with E-state index in [0.717, 1.165) is 29.4 Å². The second-order valence-corrected chi connectivity index (χ2v) is 7.26. The predicted octanol–water partition coefficient (Wildman–Crippen LogP) is 4.64. The van der Waals surface area contributed by atoms with E-state index in [1.807, 2.05) is 6.07 Å². The van der Waals surface area contributed by atoms with Crippen molar-refractivity contribution in [3.8, 4) is 0 Å². The molecule has 0 amide bonds. The fourth-order valence-corrected chi connectivity index (χ4v) is 4.12. The third-order valence-corrected chi connectivity index (χ3v) is 5.60. The Morgan fingerprint density at radius 2 is 1.57 bits per heavy atom. The van der Waals surface area contributed by atoms with Crippen molar-refractivity contribution in [1.82, 2.24) is 9.80 Å². The van der Waals surface area contributed by atoms with Gasteiger partial charge in [0.05, 0.1) is 0 Å². The zero-order valence-electron chi connectivity index (χ0n) is 13.5. The van der Waals surface area contributed by atoms with Crippen molar-refractivity contribution in [2.24, 2.45) is 0 Å². The minimum Gasteiger partial charge on any atom is -0.304 e. The van der Waals surface area contributed by atoms with E-state index in [0.29, 0.717) is 6.04 Å². The number of hydrogen-bond acceptors (Lipinski definition) is 2. The number of rotatable bonds is 4. The highest BCUT2D eigenvalue weighted by Crippen LogP contribution is 2.43. The molecule has 0 bridgehead atoms. The molecule has 0 radical (unpaired) electrons. The molecule has 0 N–H and O–H groups in total. The molecule has 1 aliphatic carbocycles. The standard InChI is InChI=1S/C17H26Cl2N2/c1-5-21(4)16-6-8-17(9-7-16,20(2)3)13-10-14(18)12-15(19)11-13/h10-12,16H,5-9H2,1-4H3. The smallest absolute Gasteiger partial charge is 0.0457 e. The Morgan fingerprint density at radius 1 is 1.05 bits per heavy atom. The topological polar surface area (TPSA) is 6.48 Å². The van der Waals surface area contributed by atoms with Gasteiger partial charge in [-0.2, -0.15) is 0 Å². The van der Waals surface area contributed by atoms with Gasteiger partial charge in [0.25, 0.3) is 0 Å². The van der Waals surface area contributed by atoms with Gasteiger partial charge in [0, 0.05) is 21.6 Å². The zero-order valence-corrected chi connectivity index (χ0v) is 15.0. The molecule has 1 aromatic rings. The van der Waals surface area contributed by atoms with Crippen molar-refractivity contribution in [2.45, 2.75) is 44.2 Å². The van der Waals surface area contributed by atoms with Gasteiger partial charge in [-0.3, -0.25) is 4.90 Å². The van der Waals surface area contributed by atoms with Crippen LogP contribution in [0.5, 0.6) is 0 Å². The van der Waals surface area contributed by atoms with Crippen molar-refractivity contribution in [1.29, 1.82) is 0 Å². The van der Waals surface area contributed by atoms with Gasteiger partial charge in [-0.15, -0.1) is 0 Å². The lowest BCUT2D eigenvalue weighted by Crippen LogP contribution is -2.48. The summed E-state index contributed by atoms with van der Waals surface area (Å²) in [7, 11) is 6.56. The van der Waals surface area contributed by atoms with Crippen LogP contribution >= 0.6 is 23.2 Å². The van der Waals surface area contributed by atoms with Gasteiger partial charge in [0.2, 0.25) is 0 Å². The van der Waals surface area contributed by atoms with Crippen molar-refractivity contribution in [3.63, 3.8) is 0 Å². The summed E-state index contributed by atoms with van der Waals surface area (Å²) in [6.07, 6.45) is 4.72. The van der Waals surface area contributed by atoms with Crippen LogP contribution in [0.25, 0.3) is 0 Å². The van der Waals surface area contributed by atoms with Gasteiger partial charge >= 0.3 is 0 Å². The highest BCUT2D eigenvalue weighted by Gasteiger charge is 2.39. The zero-order chi connectivity index (χ0) is 15.6. The van der Waals surface area contributed by atoms with E-state index in [4.69, 9.17) is 23.2 Å². The van der Waals surface area contributed by atoms with Crippen LogP contribution in [0.1, 0.15) is 38.2 Å². The first-order chi connectivity index (χ1) is 9.89. The van der Waals surface area contributed by atoms with Gasteiger partial charge in [0.1, 0.15) is 0 Å². The summed E-state index contributed by atoms with van der Waals surface area (Å²) in [5.74, 6) is 0. The molecule has 0 heterocycles. The summed E-state index contributed by atoms with van der Waals surface area (Å²) in [5.41, 5.74) is 1.31. The third-order valence-electron chi connectivity index (χ3n) is 5.16. The van der Waals surface area contributed by atoms with Crippen LogP contribution in [-0.2, 0) is 5.54 Å². The van der Waals surface area contributed by atoms with E-state index >= 15 is 0 Å². The molecule has 1 aliphatic rings. The largest absolute Gasteiger partial charge is 0.304 e. The molecule has 0 aromatic heterocycles. The number of hydrogen-bond donors (Lipinski definition) is 0. The second kappa shape index (κ2) is 6.87. The van der Waals surface area contributed by atoms with Crippen LogP contribution in [0, 0.1) is 0 Å². The highest BCUT2D eigenvalue weighted by molar-refractivity contribution is 6.34. The summed E-state index contributed by atoms with van der Waals surface area (Å²) < 4.78 is 0. The lowest BCUT2D eigenvalue weighted by Gasteiger charge is -2.47. The average Bonchev–Trinajstić information content (AvgIpc) is 2.45. The van der Waals surface area contributed by atoms with E-state index in [-0.39, 0.29) is 5.54 Å². The molecule has 0 spiro atoms. The van der Waals surface area contributed by atoms with Gasteiger partial charge in [0.15, 0.2) is 0 Å². The Labute approximate surface area is 139 Å². The maximum absolute atomic E-state index is 6.23. The molecular weight excluding hydrogens is 303 g/mol. The second-order valence-electron chi connectivity index (χ2n) is 6.39. The molecule has 0 unspecified atom stereocenters. The molecule has 1 aromatic carbocycles. The van der Waals surface area contributed by atoms with Crippen molar-refractivity contribution < 1.29 is 0 Å². The van der Waals surface area contributed by atoms with Crippen LogP contribution in [-0.4, -0.2) is 43.5 Å². The van der Waals surface area contributed by atoms with E-state index in [1.165, 1.54) is 18.4 Å². The summed E-state index contributed by atoms with van der Waals surface area (Å²) >= 11 is 12.5. The number of benzene rings is 1. The molecular formula is C17H26Cl2N2. The monoisotopic (exact) mass is 328 g/mol. The van der Waals surface area contributed by atoms with E-state index in [1.54, 1.807) is 0 Å². The fourth-order valence-electron chi connectivity index (χ4n) is 3.60. The predicted molar refractivity (Wildman–Crippen MR) is 92.4 cm³/mol. The molecule has 1 saturated carbocycles. The Morgan fingerprint density at radius 3 is 2.00 bits per heavy atom. The Kier molecular flexibility index (Phi) is 5.59. The summed E-state index contributed by atoms with van der Waals surface area (Å²) in [5, 5.41) is 1.46. The summed E-state index contributed by atoms with van der Waals surface area (Å²) in [4.78, 5) is 4.81. The van der Waals surface area contributed by atoms with Crippen molar-refractivity contribution >= 4 is 23.2 Å². The van der Waals surface area contributed by atoms with E-state index < -0.39 is 0 Å². The lowest BCUT2D eigenvalue weighted by molar-refractivity contribution is 0.0589. The Balaban J connectivity index is 2.27. The minimum atomic E-state index is 0.0552. The van der Waals surface area contributed by atoms with Crippen LogP contribution in [0.2, 0.25) is 10.0 Å². The minimum absolute atomic E-state index is 0.0552. The average molecular weight is 329 g/mol. The molecule has 118 valence electrons. The van der Waals surface area contributed by atoms with Crippen molar-refractivity contribution in [2.75, 3.05) is 27.7 Å². The molecule has 0 aliphatic heterocycles. The normalized spacial score (nSPS) is 26.6. The first-order valence-electron chi connectivity index (χ1n) is 7.73. The van der Waals surface area contributed by atoms with Crippen LogP contribution in [0.15, 0.2) is 18.2 Å². The molecule has 1 fully saturated rings. The quantitative estimate of drug-likeness (QED) is 0.794. The van der Waals surface area contributed by atoms with Crippen LogP contribution in [0.4, 0.5) is 0 Å². The maximum atomic E-state index is 6.23. The Bertz CT molecular complexity index is 459. The number of halogens is 2. The lowest BCUT2D eigenvalue weighted by atomic mass is 9.73. The fraction of sp³-hybridized carbons (Fsp3) is 0.647. The van der Waals surface area contributed by atoms with E-state index in [2.05, 4.69) is 50.0 Å². The van der Waals surface area contributed by atoms with Gasteiger partial charge in [-0.1, -0.05) is 30.1 Å². The maximum Gasteiger partial charge on any atom is 0.0457 e. The Hall–Kier alpha value is -0.280. The van der Waals surface area contributed by atoms with Gasteiger partial charge in [-0.05, 0) is 77.1 Å². The third kappa shape index (κ3) is 3.56. The van der Waals surface area contributed by atoms with Crippen LogP contribution in [0.3, 0.4) is 0 Å². The van der Waals surface area contributed by atoms with Crippen molar-refractivity contribution in [3.05, 3.63) is 33.8 Å². The summed E-state index contributed by atoms with van der Waals surface area (Å²) in [6.45, 7) is 3.34. The molecule has 2 rings (SSSR count). The van der Waals surface area contributed by atoms with Crippen LogP contribution < -0.4 is 0 Å². The first-order valence-corrected chi connectivity index (χ1v) is 8.49. The molecule has 2 nitrogen and oxygen atoms in total. The molecule has 21 heavy (non-hydrogen) atoms. The first kappa shape index (κ1) is 17.1. The summed E-state index contributed by atoms with van der Waals surface area (Å²) in [6, 6.07) is 6.67. The SMILES string of the molecule is CCN(C)C1CCC(c2cc(Cl)cc(Cl)c2)(N(C)C)CC1. The molecule has 0 saturated heterocycles. The number of nitrogens with zero attached hydrogens (tertiary/aromatic N) is 2. The molecule has 0 atom stereocenters. The van der Waals surface area contributed by atoms with E-state index in [9.17, 15) is 0 Å². The molecule has 4 heteroatoms. The van der Waals surface area contributed by atoms with Gasteiger partial charge < -0.3 is 4.90 Å².